The van der Waals surface area contributed by atoms with Gasteiger partial charge in [0.1, 0.15) is 5.75 Å². The van der Waals surface area contributed by atoms with E-state index >= 15 is 0 Å². The second-order valence-corrected chi connectivity index (χ2v) is 41.8. The molecule has 120 heavy (non-hydrogen) atoms. The summed E-state index contributed by atoms with van der Waals surface area (Å²) in [7, 11) is 1.69. The van der Waals surface area contributed by atoms with E-state index in [0.717, 1.165) is 115 Å². The van der Waals surface area contributed by atoms with Crippen LogP contribution in [0, 0.1) is 0 Å². The highest BCUT2D eigenvalue weighted by atomic mass is 16.6. The van der Waals surface area contributed by atoms with Gasteiger partial charge in [0.15, 0.2) is 28.0 Å². The summed E-state index contributed by atoms with van der Waals surface area (Å²) in [6.45, 7) is 6.65. The number of esters is 5. The number of piperidine rings is 5. The Hall–Kier alpha value is -5.37. The lowest BCUT2D eigenvalue weighted by molar-refractivity contribution is -0.149. The standard InChI is InChI=1S/C21H26N2O3.C21H32N2O2.C20H30N2O2.C19H28N2O2.C17H24N2O3/c1-25-16-7-5-14(6-8-16)13-22-17-10-15-11-20(24)26-21(15)12-18(17)23-9-3-2-4-19(21)23;24-20-13-15-12-17(22-16-8-4-2-1-3-5-9-16)18-14-21(15,25-20)19-10-6-7-11-23(18)19;23-19-12-14-11-16(21-15-7-3-1-2-4-8-15)17-13-20(14,24-19)18-9-5-6-10-22(17)18;22-18-11-13-10-15(20-14-6-2-1-3-7-14)16-12-19(13,23-18)17-8-4-5-9-21(16)17;20-12-7-11(8-12)18-13-5-10-6-16(21)22-17(10)9-14(13)19-4-2-1-3-15(17)19/h5-8,11,17-19,22H,2-4,9-10,12-13H2,1H3;13,16-19,22H,1-12,14H2;12,15-18,21H,1-11,13H2;11,14-17,20H,1-10,12H2;6,11-15,18,20H,1-5,7-9H2/t17-,18-,19+,21-;17?,18-,19+,21-;16?,17-,18+,20-;15?,16-,17+,19-;11?,12?,13?,14-,15+,17-/m00000/s1. The lowest BCUT2D eigenvalue weighted by Crippen LogP contribution is -2.56. The average Bonchev–Trinajstić information content (AvgIpc) is 1.57. The Morgan fingerprint density at radius 1 is 0.333 bits per heavy atom. The van der Waals surface area contributed by atoms with Gasteiger partial charge in [-0.2, -0.15) is 0 Å². The predicted molar refractivity (Wildman–Crippen MR) is 456 cm³/mol. The van der Waals surface area contributed by atoms with Crippen molar-refractivity contribution in [3.63, 3.8) is 0 Å². The highest BCUT2D eigenvalue weighted by molar-refractivity contribution is 5.90. The van der Waals surface area contributed by atoms with Crippen molar-refractivity contribution in [2.45, 2.75) is 444 Å². The molecule has 6 N–H and O–H groups in total. The van der Waals surface area contributed by atoms with E-state index in [1.807, 2.05) is 30.4 Å². The van der Waals surface area contributed by atoms with Gasteiger partial charge < -0.3 is 60.1 Å². The smallest absolute Gasteiger partial charge is 0.331 e. The van der Waals surface area contributed by atoms with E-state index in [2.05, 4.69) is 63.2 Å². The van der Waals surface area contributed by atoms with E-state index in [-0.39, 0.29) is 64.0 Å². The van der Waals surface area contributed by atoms with E-state index in [9.17, 15) is 29.1 Å². The molecule has 24 aliphatic rings. The van der Waals surface area contributed by atoms with Crippen LogP contribution in [0.1, 0.15) is 295 Å². The number of benzene rings is 1. The molecule has 10 saturated heterocycles. The molecule has 5 spiro atoms. The van der Waals surface area contributed by atoms with Gasteiger partial charge in [0.25, 0.3) is 0 Å². The van der Waals surface area contributed by atoms with Gasteiger partial charge in [-0.25, -0.2) is 24.0 Å². The minimum Gasteiger partial charge on any atom is -0.497 e. The number of fused-ring (bicyclic) bond motifs is 15. The quantitative estimate of drug-likeness (QED) is 0.0648. The fourth-order valence-electron chi connectivity index (χ4n) is 30.1. The van der Waals surface area contributed by atoms with Crippen LogP contribution in [-0.2, 0) is 54.2 Å². The van der Waals surface area contributed by atoms with E-state index < -0.39 is 0 Å². The normalized spacial score (nSPS) is 42.6. The molecular formula is C98H140N10O12. The zero-order valence-electron chi connectivity index (χ0n) is 72.0. The minimum absolute atomic E-state index is 0.0900. The third-order valence-electron chi connectivity index (χ3n) is 35.4. The van der Waals surface area contributed by atoms with Crippen molar-refractivity contribution in [3.8, 4) is 5.75 Å². The first-order valence-corrected chi connectivity index (χ1v) is 49.2. The van der Waals surface area contributed by atoms with Crippen LogP contribution in [0.4, 0.5) is 0 Å². The van der Waals surface area contributed by atoms with Crippen LogP contribution in [0.3, 0.4) is 0 Å². The number of hydrogen-bond acceptors (Lipinski definition) is 22. The summed E-state index contributed by atoms with van der Waals surface area (Å²) < 4.78 is 35.0. The highest BCUT2D eigenvalue weighted by Crippen LogP contribution is 2.60. The maximum absolute atomic E-state index is 12.1. The third-order valence-corrected chi connectivity index (χ3v) is 35.4. The molecular weight excluding hydrogens is 1510 g/mol. The first-order chi connectivity index (χ1) is 58.6. The molecule has 22 nitrogen and oxygen atoms in total. The molecule has 9 saturated carbocycles. The van der Waals surface area contributed by atoms with Gasteiger partial charge in [0.05, 0.1) is 43.4 Å². The number of aliphatic hydroxyl groups is 1. The van der Waals surface area contributed by atoms with Crippen LogP contribution in [0.2, 0.25) is 0 Å². The molecule has 4 unspecified atom stereocenters. The van der Waals surface area contributed by atoms with Gasteiger partial charge in [-0.05, 0) is 226 Å². The molecule has 654 valence electrons. The molecule has 10 bridgehead atoms. The second kappa shape index (κ2) is 33.8. The number of nitrogens with zero attached hydrogens (tertiary/aromatic N) is 5. The van der Waals surface area contributed by atoms with Crippen molar-refractivity contribution in [2.75, 3.05) is 39.8 Å². The van der Waals surface area contributed by atoms with Crippen LogP contribution < -0.4 is 31.3 Å². The molecule has 15 aliphatic heterocycles. The van der Waals surface area contributed by atoms with Crippen molar-refractivity contribution in [3.05, 3.63) is 88.1 Å². The summed E-state index contributed by atoms with van der Waals surface area (Å²) in [4.78, 5) is 73.6. The van der Waals surface area contributed by atoms with E-state index in [1.54, 1.807) is 19.3 Å². The zero-order valence-corrected chi connectivity index (χ0v) is 72.0. The maximum atomic E-state index is 12.1. The van der Waals surface area contributed by atoms with Crippen molar-refractivity contribution in [2.24, 2.45) is 0 Å². The van der Waals surface area contributed by atoms with Crippen LogP contribution >= 0.6 is 0 Å². The monoisotopic (exact) mass is 1650 g/mol. The fourth-order valence-corrected chi connectivity index (χ4v) is 30.1. The van der Waals surface area contributed by atoms with Crippen molar-refractivity contribution in [1.82, 2.24) is 51.1 Å². The van der Waals surface area contributed by atoms with E-state index in [4.69, 9.17) is 28.4 Å². The molecule has 9 aliphatic carbocycles. The number of carbonyl (C=O) groups excluding carboxylic acids is 5. The number of ether oxygens (including phenoxy) is 6. The average molecular weight is 1650 g/mol. The fraction of sp³-hybridized carbons (Fsp3) is 0.786. The number of hydrogen-bond donors (Lipinski definition) is 6. The van der Waals surface area contributed by atoms with Gasteiger partial charge in [0, 0.05) is 154 Å². The Labute approximate surface area is 712 Å². The summed E-state index contributed by atoms with van der Waals surface area (Å²) in [5, 5.41) is 29.1. The van der Waals surface area contributed by atoms with Gasteiger partial charge in [-0.1, -0.05) is 121 Å². The summed E-state index contributed by atoms with van der Waals surface area (Å²) in [6, 6.07) is 17.7. The molecule has 25 rings (SSSR count). The van der Waals surface area contributed by atoms with Gasteiger partial charge in [-0.15, -0.1) is 0 Å². The molecule has 19 fully saturated rings. The summed E-state index contributed by atoms with van der Waals surface area (Å²) >= 11 is 0. The van der Waals surface area contributed by atoms with E-state index in [1.165, 1.54) is 252 Å². The lowest BCUT2D eigenvalue weighted by Gasteiger charge is -2.41. The molecule has 1 aromatic rings. The number of rotatable bonds is 12. The second-order valence-electron chi connectivity index (χ2n) is 41.8. The van der Waals surface area contributed by atoms with Crippen LogP contribution in [-0.4, -0.2) is 248 Å². The Balaban J connectivity index is 0.0000000929. The highest BCUT2D eigenvalue weighted by Gasteiger charge is 2.70. The van der Waals surface area contributed by atoms with E-state index in [0.29, 0.717) is 115 Å². The van der Waals surface area contributed by atoms with Crippen molar-refractivity contribution >= 4 is 29.8 Å². The lowest BCUT2D eigenvalue weighted by atomic mass is 9.75. The Kier molecular flexibility index (Phi) is 23.0. The third kappa shape index (κ3) is 14.8. The first-order valence-electron chi connectivity index (χ1n) is 49.2. The number of methoxy groups -OCH3 is 1. The van der Waals surface area contributed by atoms with Crippen LogP contribution in [0.25, 0.3) is 0 Å². The largest absolute Gasteiger partial charge is 0.497 e. The molecule has 0 amide bonds. The summed E-state index contributed by atoms with van der Waals surface area (Å²) in [5.41, 5.74) is 6.18. The summed E-state index contributed by atoms with van der Waals surface area (Å²) in [6.07, 6.45) is 63.7. The summed E-state index contributed by atoms with van der Waals surface area (Å²) in [5.74, 6) is 0.335. The van der Waals surface area contributed by atoms with Gasteiger partial charge in [0.2, 0.25) is 0 Å². The zero-order chi connectivity index (χ0) is 81.1. The van der Waals surface area contributed by atoms with Gasteiger partial charge in [-0.3, -0.25) is 24.5 Å². The maximum Gasteiger partial charge on any atom is 0.331 e. The number of nitrogens with one attached hydrogen (secondary N) is 5. The van der Waals surface area contributed by atoms with Crippen LogP contribution in [0.5, 0.6) is 5.75 Å². The number of carbonyl (C=O) groups is 5. The molecule has 22 heteroatoms. The van der Waals surface area contributed by atoms with Crippen LogP contribution in [0.15, 0.2) is 82.5 Å². The molecule has 20 atom stereocenters. The molecule has 0 radical (unpaired) electrons. The van der Waals surface area contributed by atoms with Crippen molar-refractivity contribution in [1.29, 1.82) is 0 Å². The van der Waals surface area contributed by atoms with Crippen molar-refractivity contribution < 1.29 is 57.5 Å². The minimum atomic E-state index is -0.319. The molecule has 1 aromatic carbocycles. The Morgan fingerprint density at radius 2 is 0.583 bits per heavy atom. The number of aliphatic hydroxyl groups excluding tert-OH is 1. The SMILES string of the molecule is COc1ccc(CN[C@H]2CC3=CC(=O)O[C@@]34C[C@@H]2N2CCCC[C@@H]24)cc1.O=C1C=C2CC(NC3CC(O)C3)[C@@H]3C[C@@]2(O1)[C@H]1CCCCN31.O=C1C=C2CC(NC3CCCCC3)[C@@H]3C[C@@]2(O1)[C@H]1CCCCN31.O=C1C=C2CC(NC3CCCCCC3)[C@@H]3C[C@@]2(O1)[C@H]1CCCCN31.O=C1C=C2CC(NC3CCCCCCC3)[C@@H]3C[C@@]2(O1)[C@H]1CCCCN31. The first kappa shape index (κ1) is 81.7. The predicted octanol–water partition coefficient (Wildman–Crippen LogP) is 11.9. The topological polar surface area (TPSA) is 237 Å². The molecule has 0 aromatic heterocycles. The Bertz CT molecular complexity index is 4140. The Morgan fingerprint density at radius 3 is 0.867 bits per heavy atom. The molecule has 15 heterocycles. The van der Waals surface area contributed by atoms with Gasteiger partial charge >= 0.3 is 29.8 Å².